The monoisotopic (exact) mass is 341 g/mol. The van der Waals surface area contributed by atoms with Crippen LogP contribution in [0.4, 0.5) is 8.78 Å². The van der Waals surface area contributed by atoms with Crippen LogP contribution in [0.3, 0.4) is 0 Å². The van der Waals surface area contributed by atoms with Crippen molar-refractivity contribution in [2.45, 2.75) is 18.5 Å². The Morgan fingerprint density at radius 3 is 2.72 bits per heavy atom. The minimum absolute atomic E-state index is 0.0895. The predicted octanol–water partition coefficient (Wildman–Crippen LogP) is 3.79. The van der Waals surface area contributed by atoms with Gasteiger partial charge in [0.1, 0.15) is 5.82 Å². The highest BCUT2D eigenvalue weighted by Crippen LogP contribution is 2.38. The van der Waals surface area contributed by atoms with Gasteiger partial charge in [-0.1, -0.05) is 17.7 Å². The van der Waals surface area contributed by atoms with E-state index in [1.165, 1.54) is 19.2 Å². The largest absolute Gasteiger partial charge is 0.381 e. The third kappa shape index (κ3) is 3.41. The molecule has 0 radical (unpaired) electrons. The fourth-order valence-electron chi connectivity index (χ4n) is 1.77. The van der Waals surface area contributed by atoms with E-state index >= 15 is 0 Å². The zero-order valence-electron chi connectivity index (χ0n) is 9.98. The smallest absolute Gasteiger partial charge is 0.162 e. The molecule has 2 N–H and O–H groups in total. The second kappa shape index (κ2) is 6.80. The van der Waals surface area contributed by atoms with Gasteiger partial charge >= 0.3 is 0 Å². The number of benzene rings is 1. The quantitative estimate of drug-likeness (QED) is 0.798. The number of halogens is 4. The highest BCUT2D eigenvalue weighted by Gasteiger charge is 2.35. The molecule has 1 rings (SSSR count). The molecule has 1 aromatic rings. The molecule has 0 fully saturated rings. The highest BCUT2D eigenvalue weighted by molar-refractivity contribution is 9.10. The molecule has 0 amide bonds. The first-order chi connectivity index (χ1) is 8.46. The molecule has 0 bridgehead atoms. The van der Waals surface area contributed by atoms with E-state index in [1.54, 1.807) is 0 Å². The van der Waals surface area contributed by atoms with Crippen LogP contribution in [0.2, 0.25) is 5.02 Å². The van der Waals surface area contributed by atoms with Crippen LogP contribution in [0, 0.1) is 5.82 Å². The van der Waals surface area contributed by atoms with Crippen molar-refractivity contribution in [1.82, 2.24) is 0 Å². The number of methoxy groups -OCH3 is 1. The molecule has 0 aliphatic rings. The van der Waals surface area contributed by atoms with Crippen LogP contribution in [-0.2, 0) is 10.4 Å². The van der Waals surface area contributed by atoms with Gasteiger partial charge in [-0.3, -0.25) is 0 Å². The van der Waals surface area contributed by atoms with Crippen molar-refractivity contribution in [2.75, 3.05) is 20.3 Å². The van der Waals surface area contributed by atoms with Crippen LogP contribution < -0.4 is 5.73 Å². The molecule has 6 heteroatoms. The Morgan fingerprint density at radius 2 is 2.17 bits per heavy atom. The number of rotatable bonds is 6. The number of alkyl halides is 1. The summed E-state index contributed by atoms with van der Waals surface area (Å²) in [4.78, 5) is 0. The van der Waals surface area contributed by atoms with E-state index in [9.17, 15) is 8.78 Å². The maximum atomic E-state index is 14.8. The molecule has 0 aromatic heterocycles. The molecule has 0 heterocycles. The Balaban J connectivity index is 3.17. The SMILES string of the molecule is COCC(F)(CCCN)c1ccc(Br)c(Cl)c1F. The molecule has 0 aliphatic carbocycles. The Hall–Kier alpha value is -0.230. The van der Waals surface area contributed by atoms with Crippen molar-refractivity contribution in [3.63, 3.8) is 0 Å². The molecular formula is C12H15BrClF2NO. The molecule has 0 saturated heterocycles. The molecule has 102 valence electrons. The fourth-order valence-corrected chi connectivity index (χ4v) is 2.24. The van der Waals surface area contributed by atoms with Gasteiger partial charge in [-0.15, -0.1) is 0 Å². The molecule has 1 unspecified atom stereocenters. The van der Waals surface area contributed by atoms with E-state index in [4.69, 9.17) is 22.1 Å². The van der Waals surface area contributed by atoms with E-state index in [1.807, 2.05) is 0 Å². The second-order valence-electron chi connectivity index (χ2n) is 4.01. The Morgan fingerprint density at radius 1 is 1.50 bits per heavy atom. The molecule has 0 saturated carbocycles. The van der Waals surface area contributed by atoms with Crippen LogP contribution >= 0.6 is 27.5 Å². The normalized spacial score (nSPS) is 14.6. The summed E-state index contributed by atoms with van der Waals surface area (Å²) in [6.07, 6.45) is 0.527. The lowest BCUT2D eigenvalue weighted by Gasteiger charge is -2.26. The minimum Gasteiger partial charge on any atom is -0.381 e. The van der Waals surface area contributed by atoms with Crippen LogP contribution in [0.15, 0.2) is 16.6 Å². The van der Waals surface area contributed by atoms with Gasteiger partial charge in [0.05, 0.1) is 11.6 Å². The lowest BCUT2D eigenvalue weighted by molar-refractivity contribution is 0.0277. The van der Waals surface area contributed by atoms with Crippen molar-refractivity contribution in [2.24, 2.45) is 5.73 Å². The average Bonchev–Trinajstić information content (AvgIpc) is 2.34. The van der Waals surface area contributed by atoms with Gasteiger partial charge in [0.25, 0.3) is 0 Å². The average molecular weight is 343 g/mol. The zero-order chi connectivity index (χ0) is 13.8. The van der Waals surface area contributed by atoms with Crippen molar-refractivity contribution >= 4 is 27.5 Å². The topological polar surface area (TPSA) is 35.2 Å². The fraction of sp³-hybridized carbons (Fsp3) is 0.500. The first-order valence-electron chi connectivity index (χ1n) is 5.48. The first kappa shape index (κ1) is 15.8. The summed E-state index contributed by atoms with van der Waals surface area (Å²) in [5, 5.41) is -0.127. The van der Waals surface area contributed by atoms with E-state index in [0.717, 1.165) is 0 Å². The van der Waals surface area contributed by atoms with E-state index < -0.39 is 11.5 Å². The third-order valence-corrected chi connectivity index (χ3v) is 3.93. The summed E-state index contributed by atoms with van der Waals surface area (Å²) in [5.74, 6) is -0.761. The molecule has 0 spiro atoms. The zero-order valence-corrected chi connectivity index (χ0v) is 12.3. The highest BCUT2D eigenvalue weighted by atomic mass is 79.9. The summed E-state index contributed by atoms with van der Waals surface area (Å²) in [7, 11) is 1.37. The summed E-state index contributed by atoms with van der Waals surface area (Å²) in [5.41, 5.74) is 3.36. The molecule has 1 atom stereocenters. The molecule has 1 aromatic carbocycles. The van der Waals surface area contributed by atoms with E-state index in [-0.39, 0.29) is 23.6 Å². The summed E-state index contributed by atoms with van der Waals surface area (Å²) in [6.45, 7) is 0.100. The van der Waals surface area contributed by atoms with E-state index in [2.05, 4.69) is 15.9 Å². The molecule has 0 aliphatic heterocycles. The van der Waals surface area contributed by atoms with Gasteiger partial charge in [0.2, 0.25) is 0 Å². The first-order valence-corrected chi connectivity index (χ1v) is 6.65. The third-order valence-electron chi connectivity index (χ3n) is 2.67. The number of hydrogen-bond acceptors (Lipinski definition) is 2. The lowest BCUT2D eigenvalue weighted by Crippen LogP contribution is -2.28. The Labute approximate surface area is 119 Å². The van der Waals surface area contributed by atoms with Crippen molar-refractivity contribution < 1.29 is 13.5 Å². The van der Waals surface area contributed by atoms with Crippen LogP contribution in [-0.4, -0.2) is 20.3 Å². The Kier molecular flexibility index (Phi) is 5.98. The second-order valence-corrected chi connectivity index (χ2v) is 5.25. The number of hydrogen-bond donors (Lipinski definition) is 1. The van der Waals surface area contributed by atoms with Crippen LogP contribution in [0.5, 0.6) is 0 Å². The Bertz CT molecular complexity index is 419. The lowest BCUT2D eigenvalue weighted by atomic mass is 9.91. The van der Waals surface area contributed by atoms with Gasteiger partial charge in [0, 0.05) is 17.1 Å². The van der Waals surface area contributed by atoms with Crippen molar-refractivity contribution in [3.8, 4) is 0 Å². The number of ether oxygens (including phenoxy) is 1. The number of nitrogens with two attached hydrogens (primary N) is 1. The van der Waals surface area contributed by atoms with Gasteiger partial charge in [-0.05, 0) is 41.4 Å². The van der Waals surface area contributed by atoms with Crippen LogP contribution in [0.25, 0.3) is 0 Å². The van der Waals surface area contributed by atoms with Crippen LogP contribution in [0.1, 0.15) is 18.4 Å². The molecule has 18 heavy (non-hydrogen) atoms. The van der Waals surface area contributed by atoms with Gasteiger partial charge < -0.3 is 10.5 Å². The standard InChI is InChI=1S/C12H15BrClF2NO/c1-18-7-12(16,5-2-6-17)8-3-4-9(13)10(14)11(8)15/h3-4H,2,5-7,17H2,1H3. The van der Waals surface area contributed by atoms with Crippen molar-refractivity contribution in [1.29, 1.82) is 0 Å². The maximum absolute atomic E-state index is 14.8. The summed E-state index contributed by atoms with van der Waals surface area (Å²) >= 11 is 8.86. The summed E-state index contributed by atoms with van der Waals surface area (Å²) in [6, 6.07) is 2.90. The summed E-state index contributed by atoms with van der Waals surface area (Å²) < 4.78 is 34.0. The maximum Gasteiger partial charge on any atom is 0.162 e. The van der Waals surface area contributed by atoms with E-state index in [0.29, 0.717) is 17.4 Å². The van der Waals surface area contributed by atoms with Gasteiger partial charge in [0.15, 0.2) is 5.67 Å². The predicted molar refractivity (Wildman–Crippen MR) is 72.1 cm³/mol. The molecule has 2 nitrogen and oxygen atoms in total. The van der Waals surface area contributed by atoms with Gasteiger partial charge in [-0.2, -0.15) is 0 Å². The van der Waals surface area contributed by atoms with Gasteiger partial charge in [-0.25, -0.2) is 8.78 Å². The molecular weight excluding hydrogens is 327 g/mol. The van der Waals surface area contributed by atoms with Crippen molar-refractivity contribution in [3.05, 3.63) is 33.0 Å². The minimum atomic E-state index is -1.91.